The third-order valence-electron chi connectivity index (χ3n) is 3.68. The lowest BCUT2D eigenvalue weighted by atomic mass is 10.1. The maximum Gasteiger partial charge on any atom is 0.305 e. The Bertz CT molecular complexity index is 511. The molecule has 1 fully saturated rings. The number of carboxylic acid groups (broad SMARTS) is 1. The van der Waals surface area contributed by atoms with Crippen molar-refractivity contribution in [3.63, 3.8) is 0 Å². The zero-order valence-corrected chi connectivity index (χ0v) is 12.2. The first-order valence-electron chi connectivity index (χ1n) is 7.25. The second-order valence-electron chi connectivity index (χ2n) is 5.27. The van der Waals surface area contributed by atoms with Crippen LogP contribution in [-0.4, -0.2) is 41.6 Å². The molecule has 1 aromatic rings. The van der Waals surface area contributed by atoms with Crippen LogP contribution in [0.15, 0.2) is 24.3 Å². The van der Waals surface area contributed by atoms with Gasteiger partial charge in [-0.3, -0.25) is 9.59 Å². The smallest absolute Gasteiger partial charge is 0.305 e. The number of benzene rings is 1. The Kier molecular flexibility index (Phi) is 5.20. The monoisotopic (exact) mass is 291 g/mol. The molecule has 0 aliphatic heterocycles. The lowest BCUT2D eigenvalue weighted by Gasteiger charge is -2.21. The molecule has 1 saturated carbocycles. The maximum atomic E-state index is 12.3. The van der Waals surface area contributed by atoms with Gasteiger partial charge in [-0.25, -0.2) is 0 Å². The van der Waals surface area contributed by atoms with E-state index in [9.17, 15) is 9.59 Å². The van der Waals surface area contributed by atoms with E-state index in [4.69, 9.17) is 9.84 Å². The Hall–Kier alpha value is -2.04. The number of hydrogen-bond acceptors (Lipinski definition) is 3. The third kappa shape index (κ3) is 4.48. The Morgan fingerprint density at radius 2 is 2.00 bits per heavy atom. The van der Waals surface area contributed by atoms with Gasteiger partial charge < -0.3 is 14.7 Å². The number of amides is 1. The number of ether oxygens (including phenoxy) is 1. The predicted octanol–water partition coefficient (Wildman–Crippen LogP) is 2.09. The number of carbonyl (C=O) groups excluding carboxylic acids is 1. The van der Waals surface area contributed by atoms with E-state index in [1.54, 1.807) is 12.0 Å². The maximum absolute atomic E-state index is 12.3. The zero-order valence-electron chi connectivity index (χ0n) is 12.2. The number of hydrogen-bond donors (Lipinski definition) is 1. The van der Waals surface area contributed by atoms with Crippen LogP contribution in [0.2, 0.25) is 0 Å². The van der Waals surface area contributed by atoms with Crippen molar-refractivity contribution in [1.29, 1.82) is 0 Å². The summed E-state index contributed by atoms with van der Waals surface area (Å²) in [6.07, 6.45) is 2.98. The standard InChI is InChI=1S/C16H21NO4/c1-21-14-5-3-2-4-12(14)6-9-15(18)17(13-7-8-13)11-10-16(19)20/h2-5,13H,6-11H2,1H3,(H,19,20). The summed E-state index contributed by atoms with van der Waals surface area (Å²) in [5.74, 6) is -0.0448. The zero-order chi connectivity index (χ0) is 15.2. The number of methoxy groups -OCH3 is 1. The summed E-state index contributed by atoms with van der Waals surface area (Å²) < 4.78 is 5.27. The molecule has 0 radical (unpaired) electrons. The van der Waals surface area contributed by atoms with Crippen LogP contribution < -0.4 is 4.74 Å². The number of rotatable bonds is 8. The van der Waals surface area contributed by atoms with Crippen LogP contribution >= 0.6 is 0 Å². The van der Waals surface area contributed by atoms with Crippen molar-refractivity contribution in [2.75, 3.05) is 13.7 Å². The highest BCUT2D eigenvalue weighted by Crippen LogP contribution is 2.28. The summed E-state index contributed by atoms with van der Waals surface area (Å²) in [5.41, 5.74) is 1.00. The number of para-hydroxylation sites is 1. The molecule has 5 heteroatoms. The van der Waals surface area contributed by atoms with E-state index < -0.39 is 5.97 Å². The molecule has 0 heterocycles. The minimum absolute atomic E-state index is 0.0108. The van der Waals surface area contributed by atoms with Crippen LogP contribution in [0.3, 0.4) is 0 Å². The molecular formula is C16H21NO4. The first-order chi connectivity index (χ1) is 10.1. The minimum atomic E-state index is -0.863. The molecule has 0 aromatic heterocycles. The van der Waals surface area contributed by atoms with Gasteiger partial charge in [-0.1, -0.05) is 18.2 Å². The van der Waals surface area contributed by atoms with E-state index in [-0.39, 0.29) is 18.4 Å². The molecule has 0 saturated heterocycles. The highest BCUT2D eigenvalue weighted by atomic mass is 16.5. The van der Waals surface area contributed by atoms with Crippen LogP contribution in [0.5, 0.6) is 5.75 Å². The van der Waals surface area contributed by atoms with Crippen LogP contribution in [-0.2, 0) is 16.0 Å². The molecule has 1 aliphatic carbocycles. The lowest BCUT2D eigenvalue weighted by Crippen LogP contribution is -2.35. The van der Waals surface area contributed by atoms with Crippen LogP contribution in [0, 0.1) is 0 Å². The SMILES string of the molecule is COc1ccccc1CCC(=O)N(CCC(=O)O)C1CC1. The molecule has 0 bridgehead atoms. The van der Waals surface area contributed by atoms with Crippen molar-refractivity contribution < 1.29 is 19.4 Å². The van der Waals surface area contributed by atoms with E-state index in [0.29, 0.717) is 19.4 Å². The van der Waals surface area contributed by atoms with Crippen molar-refractivity contribution >= 4 is 11.9 Å². The Labute approximate surface area is 124 Å². The summed E-state index contributed by atoms with van der Waals surface area (Å²) in [5, 5.41) is 8.77. The van der Waals surface area contributed by atoms with Crippen LogP contribution in [0.1, 0.15) is 31.2 Å². The Balaban J connectivity index is 1.91. The van der Waals surface area contributed by atoms with Gasteiger partial charge in [-0.15, -0.1) is 0 Å². The topological polar surface area (TPSA) is 66.8 Å². The van der Waals surface area contributed by atoms with Crippen molar-refractivity contribution in [1.82, 2.24) is 4.90 Å². The Morgan fingerprint density at radius 3 is 2.62 bits per heavy atom. The normalized spacial score (nSPS) is 13.8. The molecule has 1 amide bonds. The number of carbonyl (C=O) groups is 2. The third-order valence-corrected chi connectivity index (χ3v) is 3.68. The number of aliphatic carboxylic acids is 1. The van der Waals surface area contributed by atoms with Crippen molar-refractivity contribution in [2.45, 2.75) is 38.1 Å². The molecule has 2 rings (SSSR count). The van der Waals surface area contributed by atoms with E-state index in [0.717, 1.165) is 24.2 Å². The summed E-state index contributed by atoms with van der Waals surface area (Å²) in [6, 6.07) is 7.89. The highest BCUT2D eigenvalue weighted by molar-refractivity contribution is 5.78. The molecule has 114 valence electrons. The fraction of sp³-hybridized carbons (Fsp3) is 0.500. The first-order valence-corrected chi connectivity index (χ1v) is 7.25. The van der Waals surface area contributed by atoms with Crippen LogP contribution in [0.25, 0.3) is 0 Å². The summed E-state index contributed by atoms with van der Waals surface area (Å²) >= 11 is 0. The second kappa shape index (κ2) is 7.11. The van der Waals surface area contributed by atoms with E-state index in [1.165, 1.54) is 0 Å². The highest BCUT2D eigenvalue weighted by Gasteiger charge is 2.32. The van der Waals surface area contributed by atoms with Gasteiger partial charge in [-0.2, -0.15) is 0 Å². The molecular weight excluding hydrogens is 270 g/mol. The van der Waals surface area contributed by atoms with Gasteiger partial charge in [-0.05, 0) is 30.9 Å². The summed E-state index contributed by atoms with van der Waals surface area (Å²) in [4.78, 5) is 24.7. The average Bonchev–Trinajstić information content (AvgIpc) is 3.30. The van der Waals surface area contributed by atoms with Gasteiger partial charge in [0.05, 0.1) is 13.5 Å². The van der Waals surface area contributed by atoms with Gasteiger partial charge in [0.1, 0.15) is 5.75 Å². The lowest BCUT2D eigenvalue weighted by molar-refractivity contribution is -0.138. The van der Waals surface area contributed by atoms with Gasteiger partial charge in [0.15, 0.2) is 0 Å². The fourth-order valence-electron chi connectivity index (χ4n) is 2.41. The molecule has 0 spiro atoms. The summed E-state index contributed by atoms with van der Waals surface area (Å²) in [6.45, 7) is 0.310. The van der Waals surface area contributed by atoms with Gasteiger partial charge in [0, 0.05) is 19.0 Å². The molecule has 1 aliphatic rings. The fourth-order valence-corrected chi connectivity index (χ4v) is 2.41. The van der Waals surface area contributed by atoms with E-state index in [2.05, 4.69) is 0 Å². The molecule has 0 atom stereocenters. The number of aryl methyl sites for hydroxylation is 1. The first kappa shape index (κ1) is 15.4. The minimum Gasteiger partial charge on any atom is -0.496 e. The van der Waals surface area contributed by atoms with E-state index >= 15 is 0 Å². The average molecular weight is 291 g/mol. The van der Waals surface area contributed by atoms with Crippen molar-refractivity contribution in [3.8, 4) is 5.75 Å². The number of carboxylic acids is 1. The van der Waals surface area contributed by atoms with Crippen LogP contribution in [0.4, 0.5) is 0 Å². The molecule has 5 nitrogen and oxygen atoms in total. The van der Waals surface area contributed by atoms with Crippen molar-refractivity contribution in [3.05, 3.63) is 29.8 Å². The van der Waals surface area contributed by atoms with Crippen molar-refractivity contribution in [2.24, 2.45) is 0 Å². The Morgan fingerprint density at radius 1 is 1.29 bits per heavy atom. The van der Waals surface area contributed by atoms with E-state index in [1.807, 2.05) is 24.3 Å². The summed E-state index contributed by atoms with van der Waals surface area (Å²) in [7, 11) is 1.62. The van der Waals surface area contributed by atoms with Gasteiger partial charge in [0.2, 0.25) is 5.91 Å². The molecule has 21 heavy (non-hydrogen) atoms. The predicted molar refractivity (Wildman–Crippen MR) is 78.3 cm³/mol. The van der Waals surface area contributed by atoms with Gasteiger partial charge in [0.25, 0.3) is 0 Å². The quantitative estimate of drug-likeness (QED) is 0.796. The molecule has 0 unspecified atom stereocenters. The second-order valence-corrected chi connectivity index (χ2v) is 5.27. The largest absolute Gasteiger partial charge is 0.496 e. The number of nitrogens with zero attached hydrogens (tertiary/aromatic N) is 1. The van der Waals surface area contributed by atoms with Gasteiger partial charge >= 0.3 is 5.97 Å². The molecule has 1 aromatic carbocycles. The molecule has 1 N–H and O–H groups in total.